The van der Waals surface area contributed by atoms with Crippen LogP contribution in [0.25, 0.3) is 22.0 Å². The summed E-state index contributed by atoms with van der Waals surface area (Å²) in [6.45, 7) is 7.12. The molecule has 0 aliphatic rings. The van der Waals surface area contributed by atoms with Crippen LogP contribution in [0.4, 0.5) is 0 Å². The van der Waals surface area contributed by atoms with Gasteiger partial charge in [-0.3, -0.25) is 4.79 Å². The number of esters is 1. The number of carbonyl (C=O) groups is 1. The molecule has 0 fully saturated rings. The monoisotopic (exact) mass is 363 g/mol. The largest absolute Gasteiger partial charge is 0.457 e. The maximum Gasteiger partial charge on any atom is 0.333 e. The summed E-state index contributed by atoms with van der Waals surface area (Å²) in [5, 5.41) is 1.01. The minimum absolute atomic E-state index is 0.0303. The van der Waals surface area contributed by atoms with Crippen LogP contribution in [0, 0.1) is 0 Å². The van der Waals surface area contributed by atoms with Crippen molar-refractivity contribution in [3.8, 4) is 16.9 Å². The Labute approximate surface area is 157 Å². The number of ether oxygens (including phenoxy) is 2. The quantitative estimate of drug-likeness (QED) is 0.372. The summed E-state index contributed by atoms with van der Waals surface area (Å²) < 4.78 is 12.0. The number of fused-ring (bicyclic) bond motifs is 1. The Morgan fingerprint density at radius 1 is 1.15 bits per heavy atom. The minimum atomic E-state index is -0.544. The first-order chi connectivity index (χ1) is 13.0. The molecule has 0 aliphatic heterocycles. The molecule has 0 saturated carbocycles. The van der Waals surface area contributed by atoms with Crippen LogP contribution in [0.3, 0.4) is 0 Å². The molecule has 1 heterocycles. The minimum Gasteiger partial charge on any atom is -0.457 e. The van der Waals surface area contributed by atoms with Gasteiger partial charge in [-0.25, -0.2) is 4.79 Å². The Kier molecular flexibility index (Phi) is 5.41. The fraction of sp³-hybridized carbons (Fsp3) is 0.182. The van der Waals surface area contributed by atoms with Gasteiger partial charge in [0.15, 0.2) is 0 Å². The van der Waals surface area contributed by atoms with E-state index in [1.165, 1.54) is 0 Å². The second-order valence-corrected chi connectivity index (χ2v) is 6.34. The molecule has 0 aliphatic carbocycles. The summed E-state index contributed by atoms with van der Waals surface area (Å²) in [6, 6.07) is 16.9. The van der Waals surface area contributed by atoms with E-state index in [0.717, 1.165) is 22.5 Å². The lowest BCUT2D eigenvalue weighted by atomic mass is 10.0. The number of hydrogen-bond acceptors (Lipinski definition) is 4. The number of benzene rings is 2. The standard InChI is InChI=1S/C22H21NO4/c1-4-21(24)27-14-26-18-11-9-16(10-12-18)19-13-17-7-5-6-8-20(17)23(15(2)3)22(19)25/h4-13,15H,1,14H2,2-3H3. The zero-order valence-electron chi connectivity index (χ0n) is 15.3. The van der Waals surface area contributed by atoms with Crippen molar-refractivity contribution in [1.29, 1.82) is 0 Å². The lowest BCUT2D eigenvalue weighted by Crippen LogP contribution is -2.23. The molecule has 0 atom stereocenters. The molecule has 3 aromatic rings. The molecule has 138 valence electrons. The SMILES string of the molecule is C=CC(=O)OCOc1ccc(-c2cc3ccccc3n(C(C)C)c2=O)cc1. The lowest BCUT2D eigenvalue weighted by molar-refractivity contribution is -0.144. The first kappa shape index (κ1) is 18.5. The second-order valence-electron chi connectivity index (χ2n) is 6.34. The number of hydrogen-bond donors (Lipinski definition) is 0. The van der Waals surface area contributed by atoms with Crippen molar-refractivity contribution in [1.82, 2.24) is 4.57 Å². The van der Waals surface area contributed by atoms with Crippen LogP contribution in [-0.2, 0) is 9.53 Å². The molecule has 2 aromatic carbocycles. The van der Waals surface area contributed by atoms with Crippen LogP contribution in [0.1, 0.15) is 19.9 Å². The highest BCUT2D eigenvalue weighted by Gasteiger charge is 2.13. The van der Waals surface area contributed by atoms with Crippen LogP contribution >= 0.6 is 0 Å². The van der Waals surface area contributed by atoms with Crippen LogP contribution in [0.15, 0.2) is 72.0 Å². The normalized spacial score (nSPS) is 10.8. The molecule has 0 spiro atoms. The maximum absolute atomic E-state index is 13.1. The van der Waals surface area contributed by atoms with Crippen LogP contribution in [-0.4, -0.2) is 17.3 Å². The molecule has 0 radical (unpaired) electrons. The highest BCUT2D eigenvalue weighted by Crippen LogP contribution is 2.25. The fourth-order valence-corrected chi connectivity index (χ4v) is 2.95. The van der Waals surface area contributed by atoms with E-state index >= 15 is 0 Å². The first-order valence-corrected chi connectivity index (χ1v) is 8.68. The van der Waals surface area contributed by atoms with Gasteiger partial charge < -0.3 is 14.0 Å². The fourth-order valence-electron chi connectivity index (χ4n) is 2.95. The molecule has 27 heavy (non-hydrogen) atoms. The predicted octanol–water partition coefficient (Wildman–Crippen LogP) is 4.31. The van der Waals surface area contributed by atoms with Gasteiger partial charge in [-0.2, -0.15) is 0 Å². The van der Waals surface area contributed by atoms with E-state index in [9.17, 15) is 9.59 Å². The second kappa shape index (κ2) is 7.91. The summed E-state index contributed by atoms with van der Waals surface area (Å²) in [6.07, 6.45) is 1.08. The average Bonchev–Trinajstić information content (AvgIpc) is 2.67. The molecule has 0 amide bonds. The zero-order valence-corrected chi connectivity index (χ0v) is 15.3. The third-order valence-electron chi connectivity index (χ3n) is 4.22. The highest BCUT2D eigenvalue weighted by atomic mass is 16.7. The molecule has 3 rings (SSSR count). The van der Waals surface area contributed by atoms with Gasteiger partial charge in [0, 0.05) is 17.7 Å². The van der Waals surface area contributed by atoms with E-state index in [1.54, 1.807) is 12.1 Å². The van der Waals surface area contributed by atoms with E-state index in [1.807, 2.05) is 60.9 Å². The van der Waals surface area contributed by atoms with Crippen LogP contribution in [0.5, 0.6) is 5.75 Å². The van der Waals surface area contributed by atoms with Gasteiger partial charge in [0.2, 0.25) is 6.79 Å². The molecule has 5 nitrogen and oxygen atoms in total. The molecule has 0 saturated heterocycles. The Morgan fingerprint density at radius 2 is 1.85 bits per heavy atom. The third kappa shape index (κ3) is 3.92. The molecular formula is C22H21NO4. The molecule has 0 bridgehead atoms. The smallest absolute Gasteiger partial charge is 0.333 e. The summed E-state index contributed by atoms with van der Waals surface area (Å²) in [7, 11) is 0. The van der Waals surface area contributed by atoms with E-state index in [0.29, 0.717) is 11.3 Å². The predicted molar refractivity (Wildman–Crippen MR) is 106 cm³/mol. The van der Waals surface area contributed by atoms with Gasteiger partial charge in [-0.1, -0.05) is 36.9 Å². The summed E-state index contributed by atoms with van der Waals surface area (Å²) in [4.78, 5) is 24.1. The van der Waals surface area contributed by atoms with E-state index in [4.69, 9.17) is 9.47 Å². The average molecular weight is 363 g/mol. The number of nitrogens with zero attached hydrogens (tertiary/aromatic N) is 1. The summed E-state index contributed by atoms with van der Waals surface area (Å²) >= 11 is 0. The zero-order chi connectivity index (χ0) is 19.4. The molecule has 0 unspecified atom stereocenters. The molecule has 0 N–H and O–H groups in total. The van der Waals surface area contributed by atoms with Crippen molar-refractivity contribution in [2.24, 2.45) is 0 Å². The van der Waals surface area contributed by atoms with E-state index in [2.05, 4.69) is 6.58 Å². The molecule has 5 heteroatoms. The van der Waals surface area contributed by atoms with Gasteiger partial charge in [-0.05, 0) is 49.1 Å². The van der Waals surface area contributed by atoms with Crippen molar-refractivity contribution >= 4 is 16.9 Å². The van der Waals surface area contributed by atoms with Crippen molar-refractivity contribution in [3.63, 3.8) is 0 Å². The molecule has 1 aromatic heterocycles. The van der Waals surface area contributed by atoms with Crippen LogP contribution < -0.4 is 10.3 Å². The van der Waals surface area contributed by atoms with E-state index in [-0.39, 0.29) is 18.4 Å². The summed E-state index contributed by atoms with van der Waals surface area (Å²) in [5.74, 6) is -0.00222. The molecular weight excluding hydrogens is 342 g/mol. The van der Waals surface area contributed by atoms with Crippen LogP contribution in [0.2, 0.25) is 0 Å². The van der Waals surface area contributed by atoms with Gasteiger partial charge in [0.25, 0.3) is 5.56 Å². The van der Waals surface area contributed by atoms with Gasteiger partial charge in [0.1, 0.15) is 5.75 Å². The van der Waals surface area contributed by atoms with Gasteiger partial charge in [-0.15, -0.1) is 0 Å². The number of pyridine rings is 1. The Bertz CT molecular complexity index is 1030. The number of para-hydroxylation sites is 1. The van der Waals surface area contributed by atoms with Gasteiger partial charge >= 0.3 is 5.97 Å². The van der Waals surface area contributed by atoms with Crippen molar-refractivity contribution in [2.75, 3.05) is 6.79 Å². The first-order valence-electron chi connectivity index (χ1n) is 8.68. The number of carbonyl (C=O) groups excluding carboxylic acids is 1. The Morgan fingerprint density at radius 3 is 2.52 bits per heavy atom. The summed E-state index contributed by atoms with van der Waals surface area (Å²) in [5.41, 5.74) is 2.32. The lowest BCUT2D eigenvalue weighted by Gasteiger charge is -2.16. The van der Waals surface area contributed by atoms with Crippen molar-refractivity contribution < 1.29 is 14.3 Å². The van der Waals surface area contributed by atoms with Crippen molar-refractivity contribution in [3.05, 3.63) is 77.6 Å². The van der Waals surface area contributed by atoms with Crippen molar-refractivity contribution in [2.45, 2.75) is 19.9 Å². The van der Waals surface area contributed by atoms with Gasteiger partial charge in [0.05, 0.1) is 5.52 Å². The number of rotatable bonds is 6. The maximum atomic E-state index is 13.1. The Hall–Kier alpha value is -3.34. The highest BCUT2D eigenvalue weighted by molar-refractivity contribution is 5.84. The third-order valence-corrected chi connectivity index (χ3v) is 4.22. The topological polar surface area (TPSA) is 57.5 Å². The number of aromatic nitrogens is 1. The van der Waals surface area contributed by atoms with E-state index < -0.39 is 5.97 Å². The Balaban J connectivity index is 1.93.